The molecule has 72 valence electrons. The number of ether oxygens (including phenoxy) is 2. The van der Waals surface area contributed by atoms with E-state index in [9.17, 15) is 0 Å². The molecule has 3 unspecified atom stereocenters. The molecular weight excluding hydrogens is 164 g/mol. The van der Waals surface area contributed by atoms with Crippen molar-refractivity contribution in [1.29, 1.82) is 0 Å². The van der Waals surface area contributed by atoms with Crippen molar-refractivity contribution in [3.8, 4) is 0 Å². The molecule has 0 aromatic heterocycles. The van der Waals surface area contributed by atoms with E-state index in [4.69, 9.17) is 9.47 Å². The lowest BCUT2D eigenvalue weighted by atomic mass is 9.68. The van der Waals surface area contributed by atoms with Gasteiger partial charge < -0.3 is 9.47 Å². The minimum absolute atomic E-state index is 0.193. The van der Waals surface area contributed by atoms with Crippen LogP contribution in [-0.4, -0.2) is 23.9 Å². The lowest BCUT2D eigenvalue weighted by Gasteiger charge is -2.55. The van der Waals surface area contributed by atoms with Crippen molar-refractivity contribution in [2.24, 2.45) is 5.92 Å². The Morgan fingerprint density at radius 3 is 2.54 bits per heavy atom. The van der Waals surface area contributed by atoms with Crippen molar-refractivity contribution in [1.82, 2.24) is 0 Å². The van der Waals surface area contributed by atoms with Crippen LogP contribution >= 0.6 is 0 Å². The first-order valence-electron chi connectivity index (χ1n) is 5.69. The summed E-state index contributed by atoms with van der Waals surface area (Å²) in [5, 5.41) is 0. The number of hydrogen-bond acceptors (Lipinski definition) is 2. The standard InChI is InChI=1S/C11H16O2/c1-2-8-6-11(3-1,13-8)10-7-4-9(5-7)12-10/h7-10H,1-6H2. The van der Waals surface area contributed by atoms with Crippen molar-refractivity contribution in [2.45, 2.75) is 62.4 Å². The molecule has 2 aliphatic carbocycles. The average molecular weight is 180 g/mol. The van der Waals surface area contributed by atoms with E-state index in [2.05, 4.69) is 0 Å². The maximum Gasteiger partial charge on any atom is 0.0974 e. The third-order valence-electron chi connectivity index (χ3n) is 4.52. The number of hydrogen-bond donors (Lipinski definition) is 0. The zero-order valence-corrected chi connectivity index (χ0v) is 7.87. The molecule has 2 nitrogen and oxygen atoms in total. The molecule has 0 spiro atoms. The molecule has 4 aliphatic heterocycles. The lowest BCUT2D eigenvalue weighted by Crippen LogP contribution is -2.61. The van der Waals surface area contributed by atoms with E-state index in [-0.39, 0.29) is 5.60 Å². The smallest absolute Gasteiger partial charge is 0.0974 e. The van der Waals surface area contributed by atoms with Crippen molar-refractivity contribution in [2.75, 3.05) is 0 Å². The van der Waals surface area contributed by atoms with Crippen LogP contribution in [0.4, 0.5) is 0 Å². The fraction of sp³-hybridized carbons (Fsp3) is 1.00. The Bertz CT molecular complexity index is 233. The van der Waals surface area contributed by atoms with Gasteiger partial charge in [0.05, 0.1) is 23.9 Å². The predicted octanol–water partition coefficient (Wildman–Crippen LogP) is 1.88. The summed E-state index contributed by atoms with van der Waals surface area (Å²) in [4.78, 5) is 0. The number of fused-ring (bicyclic) bond motifs is 3. The van der Waals surface area contributed by atoms with Gasteiger partial charge in [-0.1, -0.05) is 0 Å². The van der Waals surface area contributed by atoms with Crippen LogP contribution in [0.25, 0.3) is 0 Å². The van der Waals surface area contributed by atoms with Crippen LogP contribution in [-0.2, 0) is 9.47 Å². The first-order chi connectivity index (χ1) is 6.36. The van der Waals surface area contributed by atoms with E-state index in [1.807, 2.05) is 0 Å². The average Bonchev–Trinajstić information content (AvgIpc) is 2.59. The molecule has 6 fully saturated rings. The molecule has 0 N–H and O–H groups in total. The van der Waals surface area contributed by atoms with Crippen molar-refractivity contribution < 1.29 is 9.47 Å². The monoisotopic (exact) mass is 180 g/mol. The van der Waals surface area contributed by atoms with Gasteiger partial charge in [0.2, 0.25) is 0 Å². The first kappa shape index (κ1) is 7.24. The molecule has 4 heterocycles. The quantitative estimate of drug-likeness (QED) is 0.613. The summed E-state index contributed by atoms with van der Waals surface area (Å²) < 4.78 is 12.0. The van der Waals surface area contributed by atoms with Gasteiger partial charge >= 0.3 is 0 Å². The second-order valence-electron chi connectivity index (χ2n) is 5.31. The SMILES string of the molecule is C1CC2CC(C3OC4CC3C4)(C1)O2. The summed E-state index contributed by atoms with van der Waals surface area (Å²) in [6, 6.07) is 0. The Hall–Kier alpha value is -0.0800. The molecule has 13 heavy (non-hydrogen) atoms. The highest BCUT2D eigenvalue weighted by atomic mass is 16.6. The van der Waals surface area contributed by atoms with Crippen LogP contribution < -0.4 is 0 Å². The Balaban J connectivity index is 1.60. The van der Waals surface area contributed by atoms with E-state index in [0.717, 1.165) is 5.92 Å². The molecule has 3 atom stereocenters. The minimum atomic E-state index is 0.193. The fourth-order valence-electron chi connectivity index (χ4n) is 3.82. The van der Waals surface area contributed by atoms with Gasteiger partial charge in [0, 0.05) is 6.42 Å². The summed E-state index contributed by atoms with van der Waals surface area (Å²) in [5.74, 6) is 0.851. The van der Waals surface area contributed by atoms with Gasteiger partial charge in [0.15, 0.2) is 0 Å². The Morgan fingerprint density at radius 1 is 1.15 bits per heavy atom. The van der Waals surface area contributed by atoms with Crippen molar-refractivity contribution in [3.05, 3.63) is 0 Å². The zero-order chi connectivity index (χ0) is 8.47. The van der Waals surface area contributed by atoms with Crippen LogP contribution in [0.3, 0.4) is 0 Å². The highest BCUT2D eigenvalue weighted by molar-refractivity contribution is 5.10. The van der Waals surface area contributed by atoms with Gasteiger partial charge in [0.1, 0.15) is 0 Å². The maximum atomic E-state index is 6.02. The van der Waals surface area contributed by atoms with Crippen LogP contribution in [0, 0.1) is 5.92 Å². The summed E-state index contributed by atoms with van der Waals surface area (Å²) in [6.45, 7) is 0. The summed E-state index contributed by atoms with van der Waals surface area (Å²) in [5.41, 5.74) is 0.193. The summed E-state index contributed by atoms with van der Waals surface area (Å²) in [7, 11) is 0. The third-order valence-corrected chi connectivity index (χ3v) is 4.52. The molecule has 4 saturated heterocycles. The van der Waals surface area contributed by atoms with Gasteiger partial charge in [-0.15, -0.1) is 0 Å². The van der Waals surface area contributed by atoms with Crippen molar-refractivity contribution in [3.63, 3.8) is 0 Å². The first-order valence-corrected chi connectivity index (χ1v) is 5.69. The van der Waals surface area contributed by atoms with E-state index in [1.165, 1.54) is 38.5 Å². The molecule has 0 aromatic rings. The maximum absolute atomic E-state index is 6.02. The fourth-order valence-corrected chi connectivity index (χ4v) is 3.82. The summed E-state index contributed by atoms with van der Waals surface area (Å²) >= 11 is 0. The predicted molar refractivity (Wildman–Crippen MR) is 47.5 cm³/mol. The van der Waals surface area contributed by atoms with Crippen LogP contribution in [0.1, 0.15) is 38.5 Å². The Morgan fingerprint density at radius 2 is 2.00 bits per heavy atom. The topological polar surface area (TPSA) is 18.5 Å². The zero-order valence-electron chi connectivity index (χ0n) is 7.87. The highest BCUT2D eigenvalue weighted by Crippen LogP contribution is 2.56. The molecule has 0 radical (unpaired) electrons. The third kappa shape index (κ3) is 0.774. The molecule has 6 aliphatic rings. The van der Waals surface area contributed by atoms with Crippen LogP contribution in [0.15, 0.2) is 0 Å². The van der Waals surface area contributed by atoms with E-state index in [0.29, 0.717) is 18.3 Å². The van der Waals surface area contributed by atoms with Crippen LogP contribution in [0.5, 0.6) is 0 Å². The van der Waals surface area contributed by atoms with Gasteiger partial charge in [-0.3, -0.25) is 0 Å². The largest absolute Gasteiger partial charge is 0.372 e. The Labute approximate surface area is 78.6 Å². The second-order valence-corrected chi connectivity index (χ2v) is 5.31. The van der Waals surface area contributed by atoms with Crippen LogP contribution in [0.2, 0.25) is 0 Å². The molecule has 0 amide bonds. The van der Waals surface area contributed by atoms with E-state index >= 15 is 0 Å². The molecule has 2 saturated carbocycles. The minimum Gasteiger partial charge on any atom is -0.372 e. The summed E-state index contributed by atoms with van der Waals surface area (Å²) in [6.07, 6.45) is 9.53. The van der Waals surface area contributed by atoms with Crippen molar-refractivity contribution >= 4 is 0 Å². The Kier molecular flexibility index (Phi) is 1.18. The molecule has 6 rings (SSSR count). The van der Waals surface area contributed by atoms with E-state index < -0.39 is 0 Å². The van der Waals surface area contributed by atoms with Gasteiger partial charge in [0.25, 0.3) is 0 Å². The van der Waals surface area contributed by atoms with Gasteiger partial charge in [-0.05, 0) is 38.0 Å². The molecule has 0 aromatic carbocycles. The highest BCUT2D eigenvalue weighted by Gasteiger charge is 2.61. The number of rotatable bonds is 1. The molecule has 4 bridgehead atoms. The van der Waals surface area contributed by atoms with Gasteiger partial charge in [-0.25, -0.2) is 0 Å². The van der Waals surface area contributed by atoms with Gasteiger partial charge in [-0.2, -0.15) is 0 Å². The van der Waals surface area contributed by atoms with E-state index in [1.54, 1.807) is 0 Å². The molecule has 2 heteroatoms. The lowest BCUT2D eigenvalue weighted by molar-refractivity contribution is -0.277. The normalized spacial score (nSPS) is 62.8. The molecular formula is C11H16O2. The second kappa shape index (κ2) is 2.12.